The van der Waals surface area contributed by atoms with Crippen molar-refractivity contribution < 1.29 is 0 Å². The molecule has 1 N–H and O–H groups in total. The van der Waals surface area contributed by atoms with Crippen LogP contribution in [0.3, 0.4) is 0 Å². The van der Waals surface area contributed by atoms with E-state index in [0.29, 0.717) is 0 Å². The molecule has 1 atom stereocenters. The summed E-state index contributed by atoms with van der Waals surface area (Å²) in [6.45, 7) is 11.3. The van der Waals surface area contributed by atoms with E-state index in [2.05, 4.69) is 45.3 Å². The third-order valence-corrected chi connectivity index (χ3v) is 4.70. The average molecular weight is 266 g/mol. The number of nitrogens with zero attached hydrogens (tertiary/aromatic N) is 1. The largest absolute Gasteiger partial charge is 0.303 e. The van der Waals surface area contributed by atoms with Crippen LogP contribution < -0.4 is 5.32 Å². The van der Waals surface area contributed by atoms with Gasteiger partial charge in [0, 0.05) is 16.8 Å². The molecule has 1 unspecified atom stereocenters. The Morgan fingerprint density at radius 3 is 2.44 bits per heavy atom. The summed E-state index contributed by atoms with van der Waals surface area (Å²) in [6, 6.07) is 0.725. The third kappa shape index (κ3) is 3.12. The Kier molecular flexibility index (Phi) is 3.84. The molecule has 2 nitrogen and oxygen atoms in total. The van der Waals surface area contributed by atoms with Gasteiger partial charge < -0.3 is 5.32 Å². The lowest BCUT2D eigenvalue weighted by Gasteiger charge is -2.29. The molecule has 0 aliphatic heterocycles. The number of thiazole rings is 1. The SMILES string of the molecule is CCCC(C)(NC1CC1)c1nc(C(C)(C)C)cs1. The van der Waals surface area contributed by atoms with E-state index in [4.69, 9.17) is 4.98 Å². The van der Waals surface area contributed by atoms with Crippen LogP contribution in [0.4, 0.5) is 0 Å². The molecule has 1 aromatic rings. The molecule has 18 heavy (non-hydrogen) atoms. The summed E-state index contributed by atoms with van der Waals surface area (Å²) in [5, 5.41) is 7.30. The van der Waals surface area contributed by atoms with Gasteiger partial charge in [0.15, 0.2) is 0 Å². The van der Waals surface area contributed by atoms with Crippen molar-refractivity contribution in [1.29, 1.82) is 0 Å². The van der Waals surface area contributed by atoms with Crippen molar-refractivity contribution >= 4 is 11.3 Å². The van der Waals surface area contributed by atoms with Gasteiger partial charge in [-0.15, -0.1) is 11.3 Å². The number of nitrogens with one attached hydrogen (secondary N) is 1. The summed E-state index contributed by atoms with van der Waals surface area (Å²) in [6.07, 6.45) is 5.02. The highest BCUT2D eigenvalue weighted by Crippen LogP contribution is 2.35. The second kappa shape index (κ2) is 4.93. The molecule has 1 fully saturated rings. The zero-order chi connectivity index (χ0) is 13.4. The Balaban J connectivity index is 2.21. The van der Waals surface area contributed by atoms with E-state index in [1.807, 2.05) is 11.3 Å². The maximum Gasteiger partial charge on any atom is 0.113 e. The lowest BCUT2D eigenvalue weighted by Crippen LogP contribution is -2.41. The number of hydrogen-bond donors (Lipinski definition) is 1. The number of aromatic nitrogens is 1. The molecule has 0 spiro atoms. The zero-order valence-electron chi connectivity index (χ0n) is 12.3. The van der Waals surface area contributed by atoms with Gasteiger partial charge in [-0.05, 0) is 26.2 Å². The summed E-state index contributed by atoms with van der Waals surface area (Å²) >= 11 is 1.82. The smallest absolute Gasteiger partial charge is 0.113 e. The second-order valence-electron chi connectivity index (χ2n) is 6.79. The van der Waals surface area contributed by atoms with Gasteiger partial charge in [0.25, 0.3) is 0 Å². The van der Waals surface area contributed by atoms with Crippen LogP contribution in [0.25, 0.3) is 0 Å². The summed E-state index contributed by atoms with van der Waals surface area (Å²) in [5.41, 5.74) is 1.45. The standard InChI is InChI=1S/C15H26N2S/c1-6-9-15(5,17-11-7-8-11)13-16-12(10-18-13)14(2,3)4/h10-11,17H,6-9H2,1-5H3. The van der Waals surface area contributed by atoms with Gasteiger partial charge in [-0.25, -0.2) is 4.98 Å². The van der Waals surface area contributed by atoms with Gasteiger partial charge in [0.1, 0.15) is 5.01 Å². The Hall–Kier alpha value is -0.410. The van der Waals surface area contributed by atoms with Crippen LogP contribution in [0.5, 0.6) is 0 Å². The topological polar surface area (TPSA) is 24.9 Å². The van der Waals surface area contributed by atoms with Crippen LogP contribution in [0, 0.1) is 0 Å². The molecule has 0 amide bonds. The number of rotatable bonds is 5. The van der Waals surface area contributed by atoms with E-state index < -0.39 is 0 Å². The highest BCUT2D eigenvalue weighted by atomic mass is 32.1. The average Bonchev–Trinajstić information content (AvgIpc) is 2.90. The fraction of sp³-hybridized carbons (Fsp3) is 0.800. The first kappa shape index (κ1) is 14.0. The van der Waals surface area contributed by atoms with Crippen molar-refractivity contribution in [3.05, 3.63) is 16.1 Å². The van der Waals surface area contributed by atoms with Crippen LogP contribution in [-0.4, -0.2) is 11.0 Å². The molecule has 1 aromatic heterocycles. The normalized spacial score (nSPS) is 19.8. The molecule has 1 saturated carbocycles. The summed E-state index contributed by atoms with van der Waals surface area (Å²) in [4.78, 5) is 4.91. The molecule has 0 saturated heterocycles. The molecule has 1 heterocycles. The predicted octanol–water partition coefficient (Wildman–Crippen LogP) is 4.21. The second-order valence-corrected chi connectivity index (χ2v) is 7.65. The Morgan fingerprint density at radius 2 is 2.00 bits per heavy atom. The van der Waals surface area contributed by atoms with Crippen molar-refractivity contribution in [2.75, 3.05) is 0 Å². The lowest BCUT2D eigenvalue weighted by atomic mass is 9.92. The molecule has 1 aliphatic carbocycles. The fourth-order valence-corrected chi connectivity index (χ4v) is 3.49. The van der Waals surface area contributed by atoms with Crippen molar-refractivity contribution in [2.45, 2.75) is 77.3 Å². The Bertz CT molecular complexity index is 401. The summed E-state index contributed by atoms with van der Waals surface area (Å²) in [5.74, 6) is 0. The van der Waals surface area contributed by atoms with Crippen molar-refractivity contribution in [2.24, 2.45) is 0 Å². The van der Waals surface area contributed by atoms with Gasteiger partial charge in [-0.3, -0.25) is 0 Å². The summed E-state index contributed by atoms with van der Waals surface area (Å²) < 4.78 is 0. The van der Waals surface area contributed by atoms with E-state index >= 15 is 0 Å². The van der Waals surface area contributed by atoms with Crippen LogP contribution >= 0.6 is 11.3 Å². The quantitative estimate of drug-likeness (QED) is 0.863. The van der Waals surface area contributed by atoms with Crippen LogP contribution in [0.1, 0.15) is 71.0 Å². The molecule has 1 aliphatic rings. The van der Waals surface area contributed by atoms with Gasteiger partial charge in [0.05, 0.1) is 11.2 Å². The van der Waals surface area contributed by atoms with E-state index in [0.717, 1.165) is 6.04 Å². The molecule has 0 radical (unpaired) electrons. The first-order valence-electron chi connectivity index (χ1n) is 7.09. The first-order valence-corrected chi connectivity index (χ1v) is 7.97. The molecular weight excluding hydrogens is 240 g/mol. The van der Waals surface area contributed by atoms with Crippen molar-refractivity contribution in [3.63, 3.8) is 0 Å². The monoisotopic (exact) mass is 266 g/mol. The molecule has 0 bridgehead atoms. The van der Waals surface area contributed by atoms with E-state index in [1.54, 1.807) is 0 Å². The minimum atomic E-state index is 0.0735. The van der Waals surface area contributed by atoms with Crippen LogP contribution in [0.2, 0.25) is 0 Å². The van der Waals surface area contributed by atoms with Gasteiger partial charge in [-0.2, -0.15) is 0 Å². The van der Waals surface area contributed by atoms with Crippen LogP contribution in [-0.2, 0) is 11.0 Å². The molecule has 2 rings (SSSR count). The first-order chi connectivity index (χ1) is 8.35. The molecular formula is C15H26N2S. The minimum Gasteiger partial charge on any atom is -0.303 e. The predicted molar refractivity (Wildman–Crippen MR) is 79.2 cm³/mol. The third-order valence-electron chi connectivity index (χ3n) is 3.59. The van der Waals surface area contributed by atoms with Crippen molar-refractivity contribution in [3.8, 4) is 0 Å². The highest BCUT2D eigenvalue weighted by molar-refractivity contribution is 7.09. The van der Waals surface area contributed by atoms with E-state index in [1.165, 1.54) is 36.4 Å². The van der Waals surface area contributed by atoms with Crippen LogP contribution in [0.15, 0.2) is 5.38 Å². The van der Waals surface area contributed by atoms with Gasteiger partial charge in [0.2, 0.25) is 0 Å². The van der Waals surface area contributed by atoms with Gasteiger partial charge >= 0.3 is 0 Å². The zero-order valence-corrected chi connectivity index (χ0v) is 13.2. The number of hydrogen-bond acceptors (Lipinski definition) is 3. The maximum absolute atomic E-state index is 4.91. The van der Waals surface area contributed by atoms with E-state index in [-0.39, 0.29) is 11.0 Å². The maximum atomic E-state index is 4.91. The molecule has 102 valence electrons. The summed E-state index contributed by atoms with van der Waals surface area (Å²) in [7, 11) is 0. The Morgan fingerprint density at radius 1 is 1.33 bits per heavy atom. The molecule has 0 aromatic carbocycles. The van der Waals surface area contributed by atoms with E-state index in [9.17, 15) is 0 Å². The minimum absolute atomic E-state index is 0.0735. The highest BCUT2D eigenvalue weighted by Gasteiger charge is 2.35. The lowest BCUT2D eigenvalue weighted by molar-refractivity contribution is 0.330. The Labute approximate surface area is 115 Å². The van der Waals surface area contributed by atoms with Crippen molar-refractivity contribution in [1.82, 2.24) is 10.3 Å². The fourth-order valence-electron chi connectivity index (χ4n) is 2.29. The van der Waals surface area contributed by atoms with Gasteiger partial charge in [-0.1, -0.05) is 34.1 Å². The molecule has 3 heteroatoms.